The molecular formula is C29H27ClN6O4. The minimum Gasteiger partial charge on any atom is -0.489 e. The van der Waals surface area contributed by atoms with Crippen LogP contribution in [0.5, 0.6) is 5.75 Å². The summed E-state index contributed by atoms with van der Waals surface area (Å²) in [6, 6.07) is 12.4. The van der Waals surface area contributed by atoms with Gasteiger partial charge in [0.1, 0.15) is 30.0 Å². The second kappa shape index (κ2) is 10.6. The van der Waals surface area contributed by atoms with E-state index in [2.05, 4.69) is 22.2 Å². The van der Waals surface area contributed by atoms with Gasteiger partial charge in [-0.25, -0.2) is 4.98 Å². The molecule has 40 heavy (non-hydrogen) atoms. The van der Waals surface area contributed by atoms with Crippen molar-refractivity contribution in [2.24, 2.45) is 5.92 Å². The summed E-state index contributed by atoms with van der Waals surface area (Å²) < 4.78 is 7.38. The van der Waals surface area contributed by atoms with Gasteiger partial charge in [-0.15, -0.1) is 0 Å². The van der Waals surface area contributed by atoms with Gasteiger partial charge in [-0.2, -0.15) is 0 Å². The summed E-state index contributed by atoms with van der Waals surface area (Å²) in [6.45, 7) is 4.27. The highest BCUT2D eigenvalue weighted by molar-refractivity contribution is 6.30. The van der Waals surface area contributed by atoms with Crippen LogP contribution in [0.15, 0.2) is 65.8 Å². The van der Waals surface area contributed by atoms with Crippen molar-refractivity contribution in [2.45, 2.75) is 20.0 Å². The number of amides is 2. The summed E-state index contributed by atoms with van der Waals surface area (Å²) in [5, 5.41) is 3.88. The van der Waals surface area contributed by atoms with E-state index in [0.29, 0.717) is 54.0 Å². The van der Waals surface area contributed by atoms with E-state index < -0.39 is 11.5 Å². The minimum absolute atomic E-state index is 0.0939. The molecule has 5 heterocycles. The van der Waals surface area contributed by atoms with Crippen molar-refractivity contribution in [3.63, 3.8) is 0 Å². The predicted octanol–water partition coefficient (Wildman–Crippen LogP) is 3.38. The Labute approximate surface area is 235 Å². The largest absolute Gasteiger partial charge is 0.489 e. The van der Waals surface area contributed by atoms with Gasteiger partial charge < -0.3 is 19.9 Å². The molecule has 1 fully saturated rings. The first kappa shape index (κ1) is 25.8. The third-order valence-electron chi connectivity index (χ3n) is 7.18. The van der Waals surface area contributed by atoms with Gasteiger partial charge in [0.2, 0.25) is 5.91 Å². The number of ether oxygens (including phenoxy) is 1. The molecule has 0 spiro atoms. The zero-order valence-electron chi connectivity index (χ0n) is 21.8. The number of carbonyl (C=O) groups is 2. The van der Waals surface area contributed by atoms with E-state index in [1.54, 1.807) is 47.8 Å². The van der Waals surface area contributed by atoms with Crippen molar-refractivity contribution in [2.75, 3.05) is 31.1 Å². The van der Waals surface area contributed by atoms with Crippen LogP contribution in [0.4, 0.5) is 11.4 Å². The molecule has 0 unspecified atom stereocenters. The molecule has 6 rings (SSSR count). The van der Waals surface area contributed by atoms with Crippen LogP contribution in [-0.2, 0) is 17.9 Å². The number of halogens is 1. The zero-order chi connectivity index (χ0) is 27.8. The average molecular weight is 559 g/mol. The molecule has 0 radical (unpaired) electrons. The SMILES string of the molecule is CC1CN(C(=O)Cn2c(=O)c(C(=O)NCc3ccc(Cl)cc3)cc3c4c(cnc32)N(c2cccnc2)CCO4)C1. The van der Waals surface area contributed by atoms with Crippen molar-refractivity contribution in [1.29, 1.82) is 0 Å². The van der Waals surface area contributed by atoms with Gasteiger partial charge in [0.25, 0.3) is 11.5 Å². The monoisotopic (exact) mass is 558 g/mol. The standard InChI is InChI=1S/C29H27ClN6O4/c1-18-15-34(16-18)25(37)17-36-27-22(11-23(29(36)39)28(38)33-12-19-4-6-20(30)7-5-19)26-24(14-32-27)35(9-10-40-26)21-3-2-8-31-13-21/h2-8,11,13-14,18H,9-10,12,15-17H2,1H3,(H,33,38). The maximum Gasteiger partial charge on any atom is 0.265 e. The number of pyridine rings is 3. The third-order valence-corrected chi connectivity index (χ3v) is 7.43. The summed E-state index contributed by atoms with van der Waals surface area (Å²) >= 11 is 5.97. The number of benzene rings is 1. The Morgan fingerprint density at radius 3 is 2.67 bits per heavy atom. The van der Waals surface area contributed by atoms with E-state index in [9.17, 15) is 14.4 Å². The number of hydrogen-bond donors (Lipinski definition) is 1. The van der Waals surface area contributed by atoms with Crippen LogP contribution in [0, 0.1) is 5.92 Å². The molecule has 2 amide bonds. The lowest BCUT2D eigenvalue weighted by Crippen LogP contribution is -2.50. The van der Waals surface area contributed by atoms with Gasteiger partial charge in [-0.05, 0) is 41.8 Å². The summed E-state index contributed by atoms with van der Waals surface area (Å²) in [6.07, 6.45) is 5.09. The number of nitrogens with one attached hydrogen (secondary N) is 1. The van der Waals surface area contributed by atoms with Crippen LogP contribution in [-0.4, -0.2) is 57.5 Å². The molecule has 0 aliphatic carbocycles. The molecule has 1 N–H and O–H groups in total. The minimum atomic E-state index is -0.588. The van der Waals surface area contributed by atoms with E-state index in [1.807, 2.05) is 17.0 Å². The van der Waals surface area contributed by atoms with Crippen molar-refractivity contribution in [1.82, 2.24) is 24.8 Å². The number of nitrogens with zero attached hydrogens (tertiary/aromatic N) is 5. The highest BCUT2D eigenvalue weighted by Crippen LogP contribution is 2.40. The molecule has 10 nitrogen and oxygen atoms in total. The Morgan fingerprint density at radius 2 is 1.95 bits per heavy atom. The number of fused-ring (bicyclic) bond motifs is 3. The first-order chi connectivity index (χ1) is 19.4. The van der Waals surface area contributed by atoms with Gasteiger partial charge in [-0.1, -0.05) is 30.7 Å². The first-order valence-electron chi connectivity index (χ1n) is 13.1. The van der Waals surface area contributed by atoms with Crippen molar-refractivity contribution >= 4 is 45.8 Å². The molecule has 1 aromatic carbocycles. The third kappa shape index (κ3) is 4.86. The number of anilines is 2. The Bertz CT molecular complexity index is 1650. The van der Waals surface area contributed by atoms with Gasteiger partial charge in [0, 0.05) is 30.9 Å². The number of hydrogen-bond acceptors (Lipinski definition) is 7. The fraction of sp³-hybridized carbons (Fsp3) is 0.276. The zero-order valence-corrected chi connectivity index (χ0v) is 22.6. The maximum absolute atomic E-state index is 13.7. The van der Waals surface area contributed by atoms with E-state index in [4.69, 9.17) is 16.3 Å². The van der Waals surface area contributed by atoms with E-state index in [1.165, 1.54) is 10.6 Å². The summed E-state index contributed by atoms with van der Waals surface area (Å²) in [4.78, 5) is 52.7. The lowest BCUT2D eigenvalue weighted by Gasteiger charge is -2.37. The summed E-state index contributed by atoms with van der Waals surface area (Å²) in [5.74, 6) is 0.154. The van der Waals surface area contributed by atoms with E-state index in [0.717, 1.165) is 11.3 Å². The first-order valence-corrected chi connectivity index (χ1v) is 13.4. The second-order valence-corrected chi connectivity index (χ2v) is 10.5. The normalized spacial score (nSPS) is 14.8. The second-order valence-electron chi connectivity index (χ2n) is 10.1. The highest BCUT2D eigenvalue weighted by Gasteiger charge is 2.30. The lowest BCUT2D eigenvalue weighted by atomic mass is 10.0. The van der Waals surface area contributed by atoms with Crippen molar-refractivity contribution < 1.29 is 14.3 Å². The van der Waals surface area contributed by atoms with Gasteiger partial charge in [0.15, 0.2) is 5.75 Å². The number of rotatable bonds is 6. The van der Waals surface area contributed by atoms with Crippen LogP contribution in [0.25, 0.3) is 11.0 Å². The molecule has 1 saturated heterocycles. The molecule has 0 atom stereocenters. The van der Waals surface area contributed by atoms with E-state index >= 15 is 0 Å². The van der Waals surface area contributed by atoms with Crippen LogP contribution in [0.2, 0.25) is 5.02 Å². The quantitative estimate of drug-likeness (QED) is 0.386. The molecule has 0 bridgehead atoms. The number of likely N-dealkylation sites (tertiary alicyclic amines) is 1. The van der Waals surface area contributed by atoms with Gasteiger partial charge >= 0.3 is 0 Å². The lowest BCUT2D eigenvalue weighted by molar-refractivity contribution is -0.137. The smallest absolute Gasteiger partial charge is 0.265 e. The van der Waals surface area contributed by atoms with Gasteiger partial charge in [0.05, 0.1) is 30.0 Å². The highest BCUT2D eigenvalue weighted by atomic mass is 35.5. The van der Waals surface area contributed by atoms with Crippen molar-refractivity contribution in [3.8, 4) is 5.75 Å². The molecule has 0 saturated carbocycles. The Morgan fingerprint density at radius 1 is 1.15 bits per heavy atom. The molecule has 3 aromatic heterocycles. The Balaban J connectivity index is 1.43. The fourth-order valence-electron chi connectivity index (χ4n) is 5.09. The number of carbonyl (C=O) groups excluding carboxylic acids is 2. The molecule has 2 aliphatic heterocycles. The van der Waals surface area contributed by atoms with Crippen molar-refractivity contribution in [3.05, 3.63) is 87.6 Å². The van der Waals surface area contributed by atoms with Crippen LogP contribution < -0.4 is 20.5 Å². The summed E-state index contributed by atoms with van der Waals surface area (Å²) in [7, 11) is 0. The molecule has 11 heteroatoms. The number of aromatic nitrogens is 3. The van der Waals surface area contributed by atoms with Crippen LogP contribution >= 0.6 is 11.6 Å². The van der Waals surface area contributed by atoms with E-state index in [-0.39, 0.29) is 30.2 Å². The van der Waals surface area contributed by atoms with Gasteiger partial charge in [-0.3, -0.25) is 23.9 Å². The molecule has 4 aromatic rings. The molecular weight excluding hydrogens is 532 g/mol. The fourth-order valence-corrected chi connectivity index (χ4v) is 5.22. The molecule has 204 valence electrons. The maximum atomic E-state index is 13.7. The predicted molar refractivity (Wildman–Crippen MR) is 151 cm³/mol. The topological polar surface area (TPSA) is 110 Å². The Kier molecular flexibility index (Phi) is 6.85. The summed E-state index contributed by atoms with van der Waals surface area (Å²) in [5.41, 5.74) is 1.99. The van der Waals surface area contributed by atoms with Crippen LogP contribution in [0.1, 0.15) is 22.8 Å². The van der Waals surface area contributed by atoms with Crippen LogP contribution in [0.3, 0.4) is 0 Å². The Hall–Kier alpha value is -4.44. The average Bonchev–Trinajstić information content (AvgIpc) is 2.96. The molecule has 2 aliphatic rings.